The van der Waals surface area contributed by atoms with Gasteiger partial charge < -0.3 is 29.9 Å². The van der Waals surface area contributed by atoms with Gasteiger partial charge in [-0.25, -0.2) is 9.78 Å². The third kappa shape index (κ3) is 7.33. The molecule has 39 heavy (non-hydrogen) atoms. The van der Waals surface area contributed by atoms with Crippen LogP contribution in [0.2, 0.25) is 0 Å². The van der Waals surface area contributed by atoms with Gasteiger partial charge in [0.1, 0.15) is 11.6 Å². The zero-order valence-electron chi connectivity index (χ0n) is 22.2. The number of hydrogen-bond donors (Lipinski definition) is 2. The van der Waals surface area contributed by atoms with E-state index in [2.05, 4.69) is 21.6 Å². The van der Waals surface area contributed by atoms with Gasteiger partial charge in [-0.05, 0) is 73.1 Å². The molecule has 5 rings (SSSR count). The molecule has 1 aromatic heterocycles. The van der Waals surface area contributed by atoms with Crippen molar-refractivity contribution < 1.29 is 27.4 Å². The molecule has 11 heteroatoms. The Kier molecular flexibility index (Phi) is 8.46. The highest BCUT2D eigenvalue weighted by molar-refractivity contribution is 5.91. The second kappa shape index (κ2) is 12.0. The fourth-order valence-electron chi connectivity index (χ4n) is 5.49. The number of pyridine rings is 1. The lowest BCUT2D eigenvalue weighted by Crippen LogP contribution is -2.37. The molecule has 0 bridgehead atoms. The number of likely N-dealkylation sites (tertiary alicyclic amines) is 1. The maximum atomic E-state index is 12.9. The number of carbonyl (C=O) groups is 1. The number of rotatable bonds is 6. The molecule has 2 aromatic rings. The highest BCUT2D eigenvalue weighted by atomic mass is 19.4. The van der Waals surface area contributed by atoms with E-state index in [9.17, 15) is 18.0 Å². The number of amides is 2. The molecular weight excluding hydrogens is 511 g/mol. The minimum Gasteiger partial charge on any atom is -0.379 e. The summed E-state index contributed by atoms with van der Waals surface area (Å²) in [6.07, 6.45) is -2.70. The van der Waals surface area contributed by atoms with E-state index >= 15 is 0 Å². The van der Waals surface area contributed by atoms with Crippen molar-refractivity contribution in [2.45, 2.75) is 44.8 Å². The van der Waals surface area contributed by atoms with Crippen LogP contribution in [0.4, 0.5) is 35.3 Å². The number of morpholine rings is 1. The van der Waals surface area contributed by atoms with Gasteiger partial charge in [0.2, 0.25) is 0 Å². The van der Waals surface area contributed by atoms with Gasteiger partial charge in [0.25, 0.3) is 0 Å². The largest absolute Gasteiger partial charge is 0.389 e. The first-order valence-corrected chi connectivity index (χ1v) is 13.7. The second-order valence-electron chi connectivity index (χ2n) is 10.6. The van der Waals surface area contributed by atoms with Crippen LogP contribution >= 0.6 is 0 Å². The van der Waals surface area contributed by atoms with E-state index in [0.717, 1.165) is 60.9 Å². The second-order valence-corrected chi connectivity index (χ2v) is 10.6. The number of halogens is 3. The average molecular weight is 548 g/mol. The maximum absolute atomic E-state index is 12.9. The molecule has 4 heterocycles. The number of aryl methyl sites for hydroxylation is 1. The smallest absolute Gasteiger partial charge is 0.379 e. The monoisotopic (exact) mass is 547 g/mol. The number of nitrogens with one attached hydrogen (secondary N) is 2. The minimum absolute atomic E-state index is 0.108. The number of hydrogen-bond acceptors (Lipinski definition) is 6. The van der Waals surface area contributed by atoms with E-state index in [4.69, 9.17) is 14.5 Å². The zero-order chi connectivity index (χ0) is 27.4. The van der Waals surface area contributed by atoms with Gasteiger partial charge >= 0.3 is 12.2 Å². The molecule has 3 aliphatic rings. The number of nitrogens with zero attached hydrogens (tertiary/aromatic N) is 3. The Labute approximate surface area is 226 Å². The molecule has 1 aromatic carbocycles. The van der Waals surface area contributed by atoms with Crippen molar-refractivity contribution in [2.75, 3.05) is 68.1 Å². The molecule has 2 N–H and O–H groups in total. The fraction of sp³-hybridized carbons (Fsp3) is 0.571. The number of ether oxygens (including phenoxy) is 2. The Morgan fingerprint density at radius 3 is 2.64 bits per heavy atom. The number of benzene rings is 1. The number of carbonyl (C=O) groups excluding carboxylic acids is 1. The molecular formula is C28H36F3N5O3. The van der Waals surface area contributed by atoms with Crippen molar-refractivity contribution in [3.63, 3.8) is 0 Å². The summed E-state index contributed by atoms with van der Waals surface area (Å²) >= 11 is 0. The van der Waals surface area contributed by atoms with Crippen molar-refractivity contribution in [1.82, 2.24) is 9.88 Å². The first kappa shape index (κ1) is 27.5. The molecule has 3 fully saturated rings. The predicted molar refractivity (Wildman–Crippen MR) is 144 cm³/mol. The topological polar surface area (TPSA) is 79.0 Å². The first-order chi connectivity index (χ1) is 18.7. The number of alkyl halides is 3. The molecule has 0 saturated carbocycles. The molecule has 2 amide bonds. The van der Waals surface area contributed by atoms with Crippen LogP contribution < -0.4 is 15.5 Å². The summed E-state index contributed by atoms with van der Waals surface area (Å²) in [5, 5.41) is 6.44. The summed E-state index contributed by atoms with van der Waals surface area (Å²) < 4.78 is 49.5. The molecule has 212 valence electrons. The molecule has 0 spiro atoms. The Morgan fingerprint density at radius 1 is 1.08 bits per heavy atom. The third-order valence-electron chi connectivity index (χ3n) is 7.55. The fourth-order valence-corrected chi connectivity index (χ4v) is 5.49. The van der Waals surface area contributed by atoms with E-state index < -0.39 is 18.5 Å². The van der Waals surface area contributed by atoms with Gasteiger partial charge in [0.15, 0.2) is 0 Å². The molecule has 0 radical (unpaired) electrons. The molecule has 8 nitrogen and oxygen atoms in total. The van der Waals surface area contributed by atoms with Gasteiger partial charge in [-0.1, -0.05) is 6.07 Å². The normalized spacial score (nSPS) is 22.2. The first-order valence-electron chi connectivity index (χ1n) is 13.7. The van der Waals surface area contributed by atoms with Gasteiger partial charge in [0.05, 0.1) is 25.9 Å². The molecule has 3 aliphatic heterocycles. The van der Waals surface area contributed by atoms with E-state index in [0.29, 0.717) is 38.5 Å². The van der Waals surface area contributed by atoms with Gasteiger partial charge in [-0.3, -0.25) is 0 Å². The summed E-state index contributed by atoms with van der Waals surface area (Å²) in [5.41, 5.74) is 3.54. The van der Waals surface area contributed by atoms with Crippen molar-refractivity contribution in [2.24, 2.45) is 5.92 Å². The standard InChI is InChI=1S/C28H36F3N5O3/c1-19-4-5-22(33-27(37)36-7-6-20(17-36)16-28(29,30)31)15-24(19)21-13-25(32-23-3-2-10-39-18-23)34-26(14-21)35-8-11-38-12-9-35/h4-5,13-15,20,23H,2-3,6-12,16-18H2,1H3,(H,32,34)(H,33,37). The van der Waals surface area contributed by atoms with Crippen molar-refractivity contribution in [1.29, 1.82) is 0 Å². The minimum atomic E-state index is -4.22. The highest BCUT2D eigenvalue weighted by Crippen LogP contribution is 2.33. The summed E-state index contributed by atoms with van der Waals surface area (Å²) in [7, 11) is 0. The van der Waals surface area contributed by atoms with Gasteiger partial charge in [-0.2, -0.15) is 13.2 Å². The van der Waals surface area contributed by atoms with E-state index in [1.54, 1.807) is 0 Å². The Hall–Kier alpha value is -3.05. The number of aromatic nitrogens is 1. The van der Waals surface area contributed by atoms with Crippen LogP contribution in [0.3, 0.4) is 0 Å². The van der Waals surface area contributed by atoms with E-state index in [1.165, 1.54) is 4.90 Å². The zero-order valence-corrected chi connectivity index (χ0v) is 22.2. The molecule has 3 saturated heterocycles. The lowest BCUT2D eigenvalue weighted by Gasteiger charge is -2.29. The SMILES string of the molecule is Cc1ccc(NC(=O)N2CCC(CC(F)(F)F)C2)cc1-c1cc(NC2CCCOC2)nc(N2CCOCC2)c1. The number of anilines is 3. The van der Waals surface area contributed by atoms with Crippen molar-refractivity contribution in [3.8, 4) is 11.1 Å². The van der Waals surface area contributed by atoms with Crippen LogP contribution in [0.5, 0.6) is 0 Å². The van der Waals surface area contributed by atoms with Crippen molar-refractivity contribution in [3.05, 3.63) is 35.9 Å². The van der Waals surface area contributed by atoms with Gasteiger partial charge in [-0.15, -0.1) is 0 Å². The quantitative estimate of drug-likeness (QED) is 0.512. The summed E-state index contributed by atoms with van der Waals surface area (Å²) in [6, 6.07) is 9.58. The Bertz CT molecular complexity index is 1150. The van der Waals surface area contributed by atoms with Crippen LogP contribution in [0.25, 0.3) is 11.1 Å². The van der Waals surface area contributed by atoms with Gasteiger partial charge in [0, 0.05) is 44.9 Å². The highest BCUT2D eigenvalue weighted by Gasteiger charge is 2.36. The van der Waals surface area contributed by atoms with E-state index in [1.807, 2.05) is 31.2 Å². The van der Waals surface area contributed by atoms with Crippen molar-refractivity contribution >= 4 is 23.4 Å². The lowest BCUT2D eigenvalue weighted by molar-refractivity contribution is -0.143. The summed E-state index contributed by atoms with van der Waals surface area (Å²) in [6.45, 7) is 6.65. The van der Waals surface area contributed by atoms with Crippen LogP contribution in [-0.4, -0.2) is 80.7 Å². The Morgan fingerprint density at radius 2 is 1.90 bits per heavy atom. The third-order valence-corrected chi connectivity index (χ3v) is 7.55. The maximum Gasteiger partial charge on any atom is 0.389 e. The van der Waals surface area contributed by atoms with E-state index in [-0.39, 0.29) is 18.6 Å². The average Bonchev–Trinajstić information content (AvgIpc) is 3.38. The van der Waals surface area contributed by atoms with Crippen LogP contribution in [0.15, 0.2) is 30.3 Å². The van der Waals surface area contributed by atoms with Crippen LogP contribution in [0, 0.1) is 12.8 Å². The summed E-state index contributed by atoms with van der Waals surface area (Å²) in [5.74, 6) is 1.07. The predicted octanol–water partition coefficient (Wildman–Crippen LogP) is 5.29. The van der Waals surface area contributed by atoms with Crippen LogP contribution in [0.1, 0.15) is 31.2 Å². The Balaban J connectivity index is 1.36. The van der Waals surface area contributed by atoms with Crippen LogP contribution in [-0.2, 0) is 9.47 Å². The molecule has 2 atom stereocenters. The lowest BCUT2D eigenvalue weighted by atomic mass is 10.00. The molecule has 0 aliphatic carbocycles. The number of urea groups is 1. The molecule has 2 unspecified atom stereocenters. The summed E-state index contributed by atoms with van der Waals surface area (Å²) in [4.78, 5) is 21.5.